The lowest BCUT2D eigenvalue weighted by atomic mass is 9.88. The highest BCUT2D eigenvalue weighted by atomic mass is 35.5. The monoisotopic (exact) mass is 570 g/mol. The van der Waals surface area contributed by atoms with E-state index < -0.39 is 6.36 Å². The van der Waals surface area contributed by atoms with Gasteiger partial charge in [0.1, 0.15) is 5.75 Å². The van der Waals surface area contributed by atoms with Crippen LogP contribution in [0.2, 0.25) is 0 Å². The summed E-state index contributed by atoms with van der Waals surface area (Å²) >= 11 is 0. The highest BCUT2D eigenvalue weighted by Crippen LogP contribution is 2.40. The van der Waals surface area contributed by atoms with E-state index in [-0.39, 0.29) is 36.5 Å². The van der Waals surface area contributed by atoms with Gasteiger partial charge in [0.2, 0.25) is 0 Å². The molecule has 2 aromatic carbocycles. The van der Waals surface area contributed by atoms with Gasteiger partial charge in [0.25, 0.3) is 0 Å². The predicted octanol–water partition coefficient (Wildman–Crippen LogP) is 7.22. The van der Waals surface area contributed by atoms with E-state index >= 15 is 0 Å². The fourth-order valence-electron chi connectivity index (χ4n) is 5.32. The average molecular weight is 572 g/mol. The third-order valence-electron chi connectivity index (χ3n) is 7.00. The van der Waals surface area contributed by atoms with Crippen LogP contribution in [0.25, 0.3) is 10.9 Å². The van der Waals surface area contributed by atoms with Gasteiger partial charge in [0, 0.05) is 29.1 Å². The number of nitriles is 1. The summed E-state index contributed by atoms with van der Waals surface area (Å²) in [4.78, 5) is 0. The smallest absolute Gasteiger partial charge is 0.406 e. The fourth-order valence-corrected chi connectivity index (χ4v) is 5.32. The first kappa shape index (κ1) is 31.8. The number of hydrogen-bond acceptors (Lipinski definition) is 4. The summed E-state index contributed by atoms with van der Waals surface area (Å²) in [6, 6.07) is 14.6. The lowest BCUT2D eigenvalue weighted by molar-refractivity contribution is -0.274. The lowest BCUT2D eigenvalue weighted by Gasteiger charge is -2.24. The standard InChI is InChI=1S/C28H33F3N4O.2ClH/c29-28(30,31)36-23-9-4-6-21(17-23)24(12-15-34-14-5-13-32)26-19-35(22-7-2-1-3-8-22)27-11-10-20(18-33)16-25(26)27;;/h4,6,9-11,16-17,19,22,24,34H,1-3,5,7-8,12-15,32H2;2*1H. The minimum atomic E-state index is -4.75. The van der Waals surface area contributed by atoms with Gasteiger partial charge >= 0.3 is 6.36 Å². The number of ether oxygens (including phenoxy) is 1. The van der Waals surface area contributed by atoms with Gasteiger partial charge in [-0.15, -0.1) is 38.0 Å². The van der Waals surface area contributed by atoms with Crippen LogP contribution < -0.4 is 15.8 Å². The summed E-state index contributed by atoms with van der Waals surface area (Å²) in [6.45, 7) is 2.06. The van der Waals surface area contributed by atoms with E-state index in [1.165, 1.54) is 31.4 Å². The maximum absolute atomic E-state index is 12.9. The number of benzene rings is 2. The molecule has 0 saturated heterocycles. The quantitative estimate of drug-likeness (QED) is 0.252. The first-order chi connectivity index (χ1) is 17.4. The number of alkyl halides is 3. The minimum Gasteiger partial charge on any atom is -0.406 e. The number of nitrogens with zero attached hydrogens (tertiary/aromatic N) is 2. The Morgan fingerprint density at radius 3 is 2.53 bits per heavy atom. The topological polar surface area (TPSA) is 76.0 Å². The van der Waals surface area contributed by atoms with Gasteiger partial charge in [-0.2, -0.15) is 5.26 Å². The van der Waals surface area contributed by atoms with Crippen molar-refractivity contribution in [1.29, 1.82) is 5.26 Å². The zero-order valence-electron chi connectivity index (χ0n) is 21.2. The Morgan fingerprint density at radius 1 is 1.08 bits per heavy atom. The average Bonchev–Trinajstić information content (AvgIpc) is 3.24. The molecular weight excluding hydrogens is 536 g/mol. The molecule has 4 rings (SSSR count). The number of aromatic nitrogens is 1. The number of halogens is 5. The van der Waals surface area contributed by atoms with Crippen LogP contribution in [0.3, 0.4) is 0 Å². The Balaban J connectivity index is 0.00000253. The van der Waals surface area contributed by atoms with Crippen LogP contribution in [0.5, 0.6) is 5.75 Å². The van der Waals surface area contributed by atoms with Crippen LogP contribution in [0, 0.1) is 11.3 Å². The molecule has 0 bridgehead atoms. The molecule has 208 valence electrons. The molecule has 1 unspecified atom stereocenters. The Bertz CT molecular complexity index is 1200. The third-order valence-corrected chi connectivity index (χ3v) is 7.00. The molecule has 0 amide bonds. The first-order valence-electron chi connectivity index (χ1n) is 12.7. The van der Waals surface area contributed by atoms with Crippen LogP contribution in [0.1, 0.15) is 73.6 Å². The number of hydrogen-bond donors (Lipinski definition) is 2. The van der Waals surface area contributed by atoms with E-state index in [0.29, 0.717) is 31.1 Å². The molecule has 38 heavy (non-hydrogen) atoms. The maximum atomic E-state index is 12.9. The van der Waals surface area contributed by atoms with Crippen molar-refractivity contribution in [2.45, 2.75) is 63.3 Å². The molecule has 1 aliphatic carbocycles. The number of fused-ring (bicyclic) bond motifs is 1. The number of nitrogens with two attached hydrogens (primary N) is 1. The summed E-state index contributed by atoms with van der Waals surface area (Å²) in [7, 11) is 0. The molecule has 1 aromatic heterocycles. The largest absolute Gasteiger partial charge is 0.573 e. The fraction of sp³-hybridized carbons (Fsp3) is 0.464. The minimum absolute atomic E-state index is 0. The van der Waals surface area contributed by atoms with E-state index in [4.69, 9.17) is 5.73 Å². The zero-order chi connectivity index (χ0) is 25.5. The van der Waals surface area contributed by atoms with E-state index in [0.717, 1.165) is 47.8 Å². The summed E-state index contributed by atoms with van der Waals surface area (Å²) < 4.78 is 45.4. The van der Waals surface area contributed by atoms with E-state index in [1.807, 2.05) is 24.3 Å². The molecule has 1 aliphatic rings. The van der Waals surface area contributed by atoms with E-state index in [9.17, 15) is 18.4 Å². The van der Waals surface area contributed by atoms with Crippen LogP contribution in [0.4, 0.5) is 13.2 Å². The van der Waals surface area contributed by atoms with Gasteiger partial charge < -0.3 is 20.4 Å². The van der Waals surface area contributed by atoms with Gasteiger partial charge in [-0.05, 0) is 86.8 Å². The normalized spacial score (nSPS) is 14.8. The first-order valence-corrected chi connectivity index (χ1v) is 12.7. The maximum Gasteiger partial charge on any atom is 0.573 e. The summed E-state index contributed by atoms with van der Waals surface area (Å²) in [6.07, 6.45) is 4.76. The van der Waals surface area contributed by atoms with Crippen molar-refractivity contribution in [1.82, 2.24) is 9.88 Å². The van der Waals surface area contributed by atoms with Crippen LogP contribution in [-0.2, 0) is 0 Å². The third kappa shape index (κ3) is 8.03. The van der Waals surface area contributed by atoms with Crippen molar-refractivity contribution in [3.05, 3.63) is 65.4 Å². The van der Waals surface area contributed by atoms with Crippen LogP contribution in [-0.4, -0.2) is 30.6 Å². The zero-order valence-corrected chi connectivity index (χ0v) is 22.8. The highest BCUT2D eigenvalue weighted by Gasteiger charge is 2.31. The second-order valence-electron chi connectivity index (χ2n) is 9.48. The Morgan fingerprint density at radius 2 is 1.84 bits per heavy atom. The Kier molecular flexibility index (Phi) is 12.2. The highest BCUT2D eigenvalue weighted by molar-refractivity contribution is 5.86. The van der Waals surface area contributed by atoms with Crippen LogP contribution >= 0.6 is 24.8 Å². The second kappa shape index (κ2) is 14.6. The SMILES string of the molecule is Cl.Cl.N#Cc1ccc2c(c1)c(C(CCNCCCN)c1cccc(OC(F)(F)F)c1)cn2C1CCCCC1. The van der Waals surface area contributed by atoms with Crippen molar-refractivity contribution in [3.63, 3.8) is 0 Å². The van der Waals surface area contributed by atoms with Crippen molar-refractivity contribution in [2.75, 3.05) is 19.6 Å². The van der Waals surface area contributed by atoms with Crippen molar-refractivity contribution in [3.8, 4) is 11.8 Å². The molecular formula is C28H35Cl2F3N4O. The number of nitrogens with one attached hydrogen (secondary N) is 1. The Labute approximate surface area is 234 Å². The summed E-state index contributed by atoms with van der Waals surface area (Å²) in [5, 5.41) is 13.9. The molecule has 1 fully saturated rings. The summed E-state index contributed by atoms with van der Waals surface area (Å²) in [5.74, 6) is -0.400. The molecule has 0 spiro atoms. The predicted molar refractivity (Wildman–Crippen MR) is 149 cm³/mol. The van der Waals surface area contributed by atoms with Crippen molar-refractivity contribution < 1.29 is 17.9 Å². The number of rotatable bonds is 10. The molecule has 0 radical (unpaired) electrons. The Hall–Kier alpha value is -2.44. The molecule has 1 atom stereocenters. The van der Waals surface area contributed by atoms with Gasteiger partial charge in [-0.25, -0.2) is 0 Å². The molecule has 5 nitrogen and oxygen atoms in total. The van der Waals surface area contributed by atoms with Gasteiger partial charge in [0.05, 0.1) is 11.6 Å². The van der Waals surface area contributed by atoms with Crippen LogP contribution in [0.15, 0.2) is 48.7 Å². The van der Waals surface area contributed by atoms with Gasteiger partial charge in [-0.3, -0.25) is 0 Å². The van der Waals surface area contributed by atoms with Gasteiger partial charge in [0.15, 0.2) is 0 Å². The molecule has 1 heterocycles. The molecule has 0 aliphatic heterocycles. The second-order valence-corrected chi connectivity index (χ2v) is 9.48. The summed E-state index contributed by atoms with van der Waals surface area (Å²) in [5.41, 5.74) is 9.02. The molecule has 3 aromatic rings. The van der Waals surface area contributed by atoms with E-state index in [1.54, 1.807) is 6.07 Å². The molecule has 1 saturated carbocycles. The van der Waals surface area contributed by atoms with Crippen molar-refractivity contribution in [2.24, 2.45) is 5.73 Å². The van der Waals surface area contributed by atoms with Crippen molar-refractivity contribution >= 4 is 35.7 Å². The van der Waals surface area contributed by atoms with E-state index in [2.05, 4.69) is 26.9 Å². The molecule has 10 heteroatoms. The molecule has 3 N–H and O–H groups in total. The lowest BCUT2D eigenvalue weighted by Crippen LogP contribution is -2.21. The van der Waals surface area contributed by atoms with Gasteiger partial charge in [-0.1, -0.05) is 31.4 Å².